The van der Waals surface area contributed by atoms with Crippen LogP contribution >= 0.6 is 0 Å². The number of hydrogen-bond acceptors (Lipinski definition) is 4. The molecule has 27 heavy (non-hydrogen) atoms. The van der Waals surface area contributed by atoms with Crippen LogP contribution in [-0.2, 0) is 9.59 Å². The van der Waals surface area contributed by atoms with Crippen molar-refractivity contribution in [2.75, 3.05) is 31.5 Å². The molecule has 7 nitrogen and oxygen atoms in total. The molecule has 1 unspecified atom stereocenters. The summed E-state index contributed by atoms with van der Waals surface area (Å²) < 4.78 is 5.53. The molecule has 0 radical (unpaired) electrons. The third-order valence-corrected chi connectivity index (χ3v) is 5.74. The van der Waals surface area contributed by atoms with Gasteiger partial charge in [-0.3, -0.25) is 14.4 Å². The van der Waals surface area contributed by atoms with Crippen molar-refractivity contribution in [1.82, 2.24) is 9.80 Å². The van der Waals surface area contributed by atoms with Crippen LogP contribution in [0.25, 0.3) is 0 Å². The Morgan fingerprint density at radius 3 is 2.44 bits per heavy atom. The molecule has 1 aromatic carbocycles. The van der Waals surface area contributed by atoms with Crippen molar-refractivity contribution in [3.05, 3.63) is 23.8 Å². The third kappa shape index (κ3) is 3.50. The molecule has 3 aliphatic rings. The van der Waals surface area contributed by atoms with Gasteiger partial charge in [-0.05, 0) is 38.0 Å². The van der Waals surface area contributed by atoms with E-state index in [0.29, 0.717) is 43.2 Å². The summed E-state index contributed by atoms with van der Waals surface area (Å²) in [5, 5.41) is 2.77. The molecule has 0 spiro atoms. The highest BCUT2D eigenvalue weighted by Crippen LogP contribution is 2.31. The largest absolute Gasteiger partial charge is 0.479 e. The lowest BCUT2D eigenvalue weighted by Gasteiger charge is -2.36. The van der Waals surface area contributed by atoms with Crippen molar-refractivity contribution in [3.8, 4) is 5.75 Å². The summed E-state index contributed by atoms with van der Waals surface area (Å²) in [6, 6.07) is 5.11. The first-order chi connectivity index (χ1) is 13.0. The molecular formula is C20H25N3O4. The maximum atomic E-state index is 12.8. The monoisotopic (exact) mass is 371 g/mol. The summed E-state index contributed by atoms with van der Waals surface area (Å²) in [6.45, 7) is 3.93. The number of amides is 3. The van der Waals surface area contributed by atoms with Gasteiger partial charge in [-0.25, -0.2) is 0 Å². The van der Waals surface area contributed by atoms with Crippen LogP contribution in [0.5, 0.6) is 5.75 Å². The quantitative estimate of drug-likeness (QED) is 0.861. The van der Waals surface area contributed by atoms with Gasteiger partial charge in [-0.15, -0.1) is 0 Å². The van der Waals surface area contributed by atoms with E-state index < -0.39 is 6.10 Å². The van der Waals surface area contributed by atoms with Crippen LogP contribution in [0.2, 0.25) is 0 Å². The molecule has 144 valence electrons. The minimum absolute atomic E-state index is 0.0846. The van der Waals surface area contributed by atoms with Crippen molar-refractivity contribution >= 4 is 23.4 Å². The topological polar surface area (TPSA) is 79.0 Å². The Morgan fingerprint density at radius 2 is 1.74 bits per heavy atom. The molecule has 0 aromatic heterocycles. The SMILES string of the molecule is CC1Oc2ccc(C(=O)N3CCN(C(=O)C4CCCC4)CC3)cc2NC1=O. The zero-order valence-electron chi connectivity index (χ0n) is 15.6. The van der Waals surface area contributed by atoms with Crippen molar-refractivity contribution in [2.45, 2.75) is 38.7 Å². The van der Waals surface area contributed by atoms with Gasteiger partial charge >= 0.3 is 0 Å². The Bertz CT molecular complexity index is 764. The Balaban J connectivity index is 1.39. The lowest BCUT2D eigenvalue weighted by atomic mass is 10.1. The molecule has 1 N–H and O–H groups in total. The molecule has 3 amide bonds. The fourth-order valence-corrected chi connectivity index (χ4v) is 4.09. The zero-order valence-corrected chi connectivity index (χ0v) is 15.6. The summed E-state index contributed by atoms with van der Waals surface area (Å²) in [7, 11) is 0. The van der Waals surface area contributed by atoms with Crippen LogP contribution in [0.1, 0.15) is 43.0 Å². The minimum atomic E-state index is -0.537. The number of carbonyl (C=O) groups is 3. The number of rotatable bonds is 2. The van der Waals surface area contributed by atoms with E-state index in [1.807, 2.05) is 4.90 Å². The first kappa shape index (κ1) is 17.8. The number of piperazine rings is 1. The van der Waals surface area contributed by atoms with E-state index in [1.165, 1.54) is 0 Å². The van der Waals surface area contributed by atoms with Crippen LogP contribution in [0, 0.1) is 5.92 Å². The summed E-state index contributed by atoms with van der Waals surface area (Å²) in [5.41, 5.74) is 1.04. The molecule has 2 heterocycles. The van der Waals surface area contributed by atoms with E-state index in [9.17, 15) is 14.4 Å². The van der Waals surface area contributed by atoms with Crippen molar-refractivity contribution < 1.29 is 19.1 Å². The molecule has 1 saturated heterocycles. The van der Waals surface area contributed by atoms with Crippen LogP contribution in [0.4, 0.5) is 5.69 Å². The van der Waals surface area contributed by atoms with E-state index in [-0.39, 0.29) is 23.6 Å². The second-order valence-corrected chi connectivity index (χ2v) is 7.56. The van der Waals surface area contributed by atoms with Gasteiger partial charge in [-0.1, -0.05) is 12.8 Å². The fraction of sp³-hybridized carbons (Fsp3) is 0.550. The van der Waals surface area contributed by atoms with E-state index >= 15 is 0 Å². The van der Waals surface area contributed by atoms with Gasteiger partial charge in [0.1, 0.15) is 5.75 Å². The van der Waals surface area contributed by atoms with Gasteiger partial charge in [0.25, 0.3) is 11.8 Å². The fourth-order valence-electron chi connectivity index (χ4n) is 4.09. The molecule has 1 aliphatic carbocycles. The average Bonchev–Trinajstić information content (AvgIpc) is 3.22. The molecular weight excluding hydrogens is 346 g/mol. The Labute approximate surface area is 158 Å². The van der Waals surface area contributed by atoms with Crippen LogP contribution in [-0.4, -0.2) is 59.8 Å². The minimum Gasteiger partial charge on any atom is -0.479 e. The third-order valence-electron chi connectivity index (χ3n) is 5.74. The number of ether oxygens (including phenoxy) is 1. The van der Waals surface area contributed by atoms with Crippen molar-refractivity contribution in [3.63, 3.8) is 0 Å². The average molecular weight is 371 g/mol. The van der Waals surface area contributed by atoms with Crippen LogP contribution < -0.4 is 10.1 Å². The van der Waals surface area contributed by atoms with Gasteiger partial charge in [0.2, 0.25) is 5.91 Å². The highest BCUT2D eigenvalue weighted by molar-refractivity contribution is 6.01. The number of fused-ring (bicyclic) bond motifs is 1. The van der Waals surface area contributed by atoms with Crippen LogP contribution in [0.3, 0.4) is 0 Å². The molecule has 2 fully saturated rings. The molecule has 1 aromatic rings. The number of nitrogens with zero attached hydrogens (tertiary/aromatic N) is 2. The van der Waals surface area contributed by atoms with Gasteiger partial charge in [0, 0.05) is 37.7 Å². The van der Waals surface area contributed by atoms with E-state index in [0.717, 1.165) is 25.7 Å². The Hall–Kier alpha value is -2.57. The smallest absolute Gasteiger partial charge is 0.265 e. The summed E-state index contributed by atoms with van der Waals surface area (Å²) >= 11 is 0. The Kier molecular flexibility index (Phi) is 4.76. The van der Waals surface area contributed by atoms with E-state index in [4.69, 9.17) is 4.74 Å². The first-order valence-corrected chi connectivity index (χ1v) is 9.72. The molecule has 2 aliphatic heterocycles. The maximum Gasteiger partial charge on any atom is 0.265 e. The molecule has 1 atom stereocenters. The normalized spacial score (nSPS) is 22.9. The van der Waals surface area contributed by atoms with Crippen LogP contribution in [0.15, 0.2) is 18.2 Å². The highest BCUT2D eigenvalue weighted by Gasteiger charge is 2.31. The number of benzene rings is 1. The predicted molar refractivity (Wildman–Crippen MR) is 99.6 cm³/mol. The van der Waals surface area contributed by atoms with Crippen molar-refractivity contribution in [2.24, 2.45) is 5.92 Å². The Morgan fingerprint density at radius 1 is 1.07 bits per heavy atom. The van der Waals surface area contributed by atoms with E-state index in [1.54, 1.807) is 30.0 Å². The van der Waals surface area contributed by atoms with Gasteiger partial charge in [0.05, 0.1) is 5.69 Å². The second-order valence-electron chi connectivity index (χ2n) is 7.56. The maximum absolute atomic E-state index is 12.8. The highest BCUT2D eigenvalue weighted by atomic mass is 16.5. The lowest BCUT2D eigenvalue weighted by Crippen LogP contribution is -2.51. The zero-order chi connectivity index (χ0) is 19.0. The number of nitrogens with one attached hydrogen (secondary N) is 1. The number of anilines is 1. The lowest BCUT2D eigenvalue weighted by molar-refractivity contribution is -0.136. The second kappa shape index (κ2) is 7.21. The van der Waals surface area contributed by atoms with Gasteiger partial charge in [-0.2, -0.15) is 0 Å². The molecule has 0 bridgehead atoms. The summed E-state index contributed by atoms with van der Waals surface area (Å²) in [6.07, 6.45) is 3.75. The standard InChI is InChI=1S/C20H25N3O4/c1-13-18(24)21-16-12-15(6-7-17(16)27-13)20(26)23-10-8-22(9-11-23)19(25)14-4-2-3-5-14/h6-7,12-14H,2-5,8-11H2,1H3,(H,21,24). The molecule has 1 saturated carbocycles. The van der Waals surface area contributed by atoms with Crippen molar-refractivity contribution in [1.29, 1.82) is 0 Å². The summed E-state index contributed by atoms with van der Waals surface area (Å²) in [4.78, 5) is 40.8. The summed E-state index contributed by atoms with van der Waals surface area (Å²) in [5.74, 6) is 0.705. The molecule has 4 rings (SSSR count). The number of hydrogen-bond donors (Lipinski definition) is 1. The van der Waals surface area contributed by atoms with Gasteiger partial charge in [0.15, 0.2) is 6.10 Å². The van der Waals surface area contributed by atoms with Gasteiger partial charge < -0.3 is 19.9 Å². The predicted octanol–water partition coefficient (Wildman–Crippen LogP) is 1.88. The first-order valence-electron chi connectivity index (χ1n) is 9.72. The molecule has 7 heteroatoms. The number of carbonyl (C=O) groups excluding carboxylic acids is 3. The van der Waals surface area contributed by atoms with E-state index in [2.05, 4.69) is 5.32 Å².